The van der Waals surface area contributed by atoms with Crippen LogP contribution in [0.2, 0.25) is 0 Å². The number of benzene rings is 1. The van der Waals surface area contributed by atoms with Crippen molar-refractivity contribution >= 4 is 17.8 Å². The van der Waals surface area contributed by atoms with Crippen LogP contribution in [0.1, 0.15) is 77.2 Å². The van der Waals surface area contributed by atoms with Crippen LogP contribution in [-0.2, 0) is 30.4 Å². The number of carbonyl (C=O) groups excluding carboxylic acids is 3. The predicted molar refractivity (Wildman–Crippen MR) is 148 cm³/mol. The van der Waals surface area contributed by atoms with Crippen molar-refractivity contribution in [1.82, 2.24) is 10.2 Å². The molecule has 2 aliphatic heterocycles. The molecule has 0 unspecified atom stereocenters. The monoisotopic (exact) mass is 536 g/mol. The summed E-state index contributed by atoms with van der Waals surface area (Å²) in [5, 5.41) is 3.11. The molecule has 1 saturated heterocycles. The molecule has 3 fully saturated rings. The summed E-state index contributed by atoms with van der Waals surface area (Å²) in [6, 6.07) is 9.84. The summed E-state index contributed by atoms with van der Waals surface area (Å²) in [7, 11) is 1.41. The van der Waals surface area contributed by atoms with E-state index in [4.69, 9.17) is 9.47 Å². The fraction of sp³-hybridized carbons (Fsp3) is 0.656. The molecule has 2 saturated carbocycles. The van der Waals surface area contributed by atoms with Crippen molar-refractivity contribution in [1.29, 1.82) is 0 Å². The van der Waals surface area contributed by atoms with E-state index in [2.05, 4.69) is 19.2 Å². The predicted octanol–water partition coefficient (Wildman–Crippen LogP) is 5.00. The van der Waals surface area contributed by atoms with Gasteiger partial charge in [-0.2, -0.15) is 0 Å². The first-order chi connectivity index (χ1) is 18.8. The van der Waals surface area contributed by atoms with E-state index in [0.717, 1.165) is 31.2 Å². The molecule has 2 amide bonds. The Morgan fingerprint density at radius 1 is 1.10 bits per heavy atom. The maximum absolute atomic E-state index is 14.2. The number of piperidine rings is 1. The molecule has 0 radical (unpaired) electrons. The number of esters is 1. The molecule has 0 aromatic heterocycles. The molecule has 2 heterocycles. The van der Waals surface area contributed by atoms with Crippen molar-refractivity contribution < 1.29 is 23.9 Å². The summed E-state index contributed by atoms with van der Waals surface area (Å²) in [5.41, 5.74) is 0.561. The molecule has 4 aliphatic rings. The molecule has 1 aromatic rings. The van der Waals surface area contributed by atoms with Crippen molar-refractivity contribution in [3.8, 4) is 0 Å². The molecule has 7 heteroatoms. The highest BCUT2D eigenvalue weighted by atomic mass is 16.5. The molecule has 7 nitrogen and oxygen atoms in total. The zero-order valence-electron chi connectivity index (χ0n) is 23.7. The highest BCUT2D eigenvalue weighted by molar-refractivity contribution is 5.92. The van der Waals surface area contributed by atoms with E-state index < -0.39 is 11.3 Å². The maximum Gasteiger partial charge on any atom is 0.320 e. The third-order valence-electron chi connectivity index (χ3n) is 9.23. The van der Waals surface area contributed by atoms with Crippen LogP contribution in [0.25, 0.3) is 0 Å². The zero-order valence-corrected chi connectivity index (χ0v) is 23.7. The number of hydrogen-bond donors (Lipinski definition) is 1. The van der Waals surface area contributed by atoms with Crippen LogP contribution in [0.4, 0.5) is 0 Å². The Hall–Kier alpha value is -2.67. The Balaban J connectivity index is 1.48. The molecule has 0 spiro atoms. The molecule has 5 rings (SSSR count). The van der Waals surface area contributed by atoms with E-state index >= 15 is 0 Å². The van der Waals surface area contributed by atoms with Gasteiger partial charge in [0.05, 0.1) is 25.9 Å². The van der Waals surface area contributed by atoms with E-state index in [1.807, 2.05) is 36.4 Å². The topological polar surface area (TPSA) is 84.9 Å². The van der Waals surface area contributed by atoms with Gasteiger partial charge in [0.25, 0.3) is 0 Å². The molecule has 4 atom stereocenters. The van der Waals surface area contributed by atoms with Crippen LogP contribution in [0.15, 0.2) is 42.1 Å². The lowest BCUT2D eigenvalue weighted by atomic mass is 9.64. The minimum absolute atomic E-state index is 0.0634. The molecule has 39 heavy (non-hydrogen) atoms. The number of ether oxygens (including phenoxy) is 2. The van der Waals surface area contributed by atoms with Gasteiger partial charge >= 0.3 is 5.97 Å². The van der Waals surface area contributed by atoms with Crippen molar-refractivity contribution in [3.63, 3.8) is 0 Å². The Morgan fingerprint density at radius 3 is 2.46 bits per heavy atom. The van der Waals surface area contributed by atoms with Gasteiger partial charge in [-0.15, -0.1) is 0 Å². The van der Waals surface area contributed by atoms with Gasteiger partial charge < -0.3 is 19.7 Å². The third-order valence-corrected chi connectivity index (χ3v) is 9.23. The lowest BCUT2D eigenvalue weighted by molar-refractivity contribution is -0.182. The van der Waals surface area contributed by atoms with Crippen molar-refractivity contribution in [3.05, 3.63) is 47.7 Å². The molecule has 1 aromatic carbocycles. The number of fused-ring (bicyclic) bond motifs is 1. The number of hydrogen-bond acceptors (Lipinski definition) is 5. The first kappa shape index (κ1) is 27.9. The van der Waals surface area contributed by atoms with Gasteiger partial charge in [0.1, 0.15) is 5.41 Å². The molecule has 212 valence electrons. The van der Waals surface area contributed by atoms with Gasteiger partial charge in [-0.05, 0) is 61.5 Å². The van der Waals surface area contributed by atoms with E-state index in [1.54, 1.807) is 4.90 Å². The number of amides is 2. The highest BCUT2D eigenvalue weighted by Crippen LogP contribution is 2.56. The van der Waals surface area contributed by atoms with Gasteiger partial charge in [0.2, 0.25) is 11.8 Å². The summed E-state index contributed by atoms with van der Waals surface area (Å²) in [4.78, 5) is 42.9. The van der Waals surface area contributed by atoms with Gasteiger partial charge in [-0.25, -0.2) is 0 Å². The van der Waals surface area contributed by atoms with Crippen LogP contribution in [0.3, 0.4) is 0 Å². The second kappa shape index (κ2) is 11.8. The second-order valence-corrected chi connectivity index (χ2v) is 12.4. The van der Waals surface area contributed by atoms with Crippen LogP contribution in [-0.4, -0.2) is 48.5 Å². The molecule has 2 aliphatic carbocycles. The maximum atomic E-state index is 14.2. The Bertz CT molecular complexity index is 1080. The van der Waals surface area contributed by atoms with Crippen LogP contribution >= 0.6 is 0 Å². The van der Waals surface area contributed by atoms with Crippen LogP contribution in [0, 0.1) is 29.1 Å². The van der Waals surface area contributed by atoms with Gasteiger partial charge in [-0.3, -0.25) is 14.4 Å². The van der Waals surface area contributed by atoms with Crippen LogP contribution in [0.5, 0.6) is 0 Å². The number of nitrogens with zero attached hydrogens (tertiary/aromatic N) is 1. The summed E-state index contributed by atoms with van der Waals surface area (Å²) in [6.45, 7) is 5.20. The molecule has 0 bridgehead atoms. The Labute approximate surface area is 232 Å². The van der Waals surface area contributed by atoms with Gasteiger partial charge in [0.15, 0.2) is 0 Å². The third kappa shape index (κ3) is 5.79. The van der Waals surface area contributed by atoms with Crippen LogP contribution < -0.4 is 5.32 Å². The number of likely N-dealkylation sites (tertiary alicyclic amines) is 1. The summed E-state index contributed by atoms with van der Waals surface area (Å²) < 4.78 is 12.1. The fourth-order valence-electron chi connectivity index (χ4n) is 6.92. The van der Waals surface area contributed by atoms with E-state index in [0.29, 0.717) is 24.7 Å². The summed E-state index contributed by atoms with van der Waals surface area (Å²) >= 11 is 0. The normalized spacial score (nSPS) is 29.5. The fourth-order valence-corrected chi connectivity index (χ4v) is 6.92. The largest absolute Gasteiger partial charge is 0.468 e. The number of nitrogens with one attached hydrogen (secondary N) is 1. The standard InChI is InChI=1S/C32H44N2O5/c1-21(2)26-17-27-32(31(37)38-3,29(39-26)24-14-15-24)18-25(16-28(35)33-19-22-10-6-4-7-11-22)30(36)34(27)20-23-12-8-5-9-13-23/h5,8-9,12-13,17,21-22,24-26,29H,4,6-7,10-11,14-16,18-20H2,1-3H3,(H,33,35)/t25-,26+,29+,32+/m0/s1. The Morgan fingerprint density at radius 2 is 1.82 bits per heavy atom. The average molecular weight is 537 g/mol. The Kier molecular flexibility index (Phi) is 8.46. The summed E-state index contributed by atoms with van der Waals surface area (Å²) in [6.07, 6.45) is 9.66. The quantitative estimate of drug-likeness (QED) is 0.449. The number of methoxy groups -OCH3 is 1. The first-order valence-electron chi connectivity index (χ1n) is 14.9. The van der Waals surface area contributed by atoms with Crippen molar-refractivity contribution in [2.24, 2.45) is 29.1 Å². The lowest BCUT2D eigenvalue weighted by Gasteiger charge is -2.53. The summed E-state index contributed by atoms with van der Waals surface area (Å²) in [5.74, 6) is -0.285. The van der Waals surface area contributed by atoms with Crippen molar-refractivity contribution in [2.75, 3.05) is 13.7 Å². The van der Waals surface area contributed by atoms with E-state index in [1.165, 1.54) is 26.4 Å². The molecule has 1 N–H and O–H groups in total. The average Bonchev–Trinajstić information content (AvgIpc) is 3.79. The number of carbonyl (C=O) groups is 3. The zero-order chi connectivity index (χ0) is 27.6. The molecular formula is C32H44N2O5. The van der Waals surface area contributed by atoms with E-state index in [-0.39, 0.29) is 54.7 Å². The smallest absolute Gasteiger partial charge is 0.320 e. The minimum Gasteiger partial charge on any atom is -0.468 e. The van der Waals surface area contributed by atoms with Gasteiger partial charge in [0, 0.05) is 24.6 Å². The van der Waals surface area contributed by atoms with Gasteiger partial charge in [-0.1, -0.05) is 63.4 Å². The molecular weight excluding hydrogens is 492 g/mol. The highest BCUT2D eigenvalue weighted by Gasteiger charge is 2.63. The SMILES string of the molecule is COC(=O)[C@]12C[C@H](CC(=O)NCC3CCCCC3)C(=O)N(Cc3ccccc3)C1=C[C@H](C(C)C)O[C@@H]2C1CC1. The minimum atomic E-state index is -1.11. The second-order valence-electron chi connectivity index (χ2n) is 12.4. The first-order valence-corrected chi connectivity index (χ1v) is 14.9. The van der Waals surface area contributed by atoms with E-state index in [9.17, 15) is 14.4 Å². The number of rotatable bonds is 9. The van der Waals surface area contributed by atoms with Crippen molar-refractivity contribution in [2.45, 2.75) is 90.4 Å². The lowest BCUT2D eigenvalue weighted by Crippen LogP contribution is -2.61.